The fourth-order valence-corrected chi connectivity index (χ4v) is 3.08. The fourth-order valence-electron chi connectivity index (χ4n) is 2.41. The number of guanidine groups is 1. The van der Waals surface area contributed by atoms with Crippen LogP contribution in [0.25, 0.3) is 0 Å². The van der Waals surface area contributed by atoms with Crippen LogP contribution in [-0.4, -0.2) is 61.7 Å². The van der Waals surface area contributed by atoms with Gasteiger partial charge in [0.05, 0.1) is 11.4 Å². The summed E-state index contributed by atoms with van der Waals surface area (Å²) >= 11 is 0. The van der Waals surface area contributed by atoms with Crippen LogP contribution in [-0.2, 0) is 23.4 Å². The van der Waals surface area contributed by atoms with Gasteiger partial charge in [0.15, 0.2) is 5.96 Å². The number of hydrogen-bond donors (Lipinski definition) is 1. The molecule has 7 nitrogen and oxygen atoms in total. The van der Waals surface area contributed by atoms with Gasteiger partial charge >= 0.3 is 0 Å². The number of rotatable bonds is 7. The Kier molecular flexibility index (Phi) is 9.86. The molecule has 0 aromatic carbocycles. The molecule has 24 heavy (non-hydrogen) atoms. The van der Waals surface area contributed by atoms with E-state index < -0.39 is 9.84 Å². The molecule has 1 aromatic rings. The van der Waals surface area contributed by atoms with Crippen molar-refractivity contribution in [1.82, 2.24) is 20.0 Å². The standard InChI is InChI=1S/C15H29N5O2S.HI/c1-12(2)14-13(11-20(5)18-14)10-19(4)15(16-3)17-8-7-9-23(6,21)22;/h11-12H,7-10H2,1-6H3,(H,16,17);1H. The summed E-state index contributed by atoms with van der Waals surface area (Å²) in [4.78, 5) is 6.27. The van der Waals surface area contributed by atoms with Gasteiger partial charge in [-0.3, -0.25) is 9.67 Å². The van der Waals surface area contributed by atoms with Crippen molar-refractivity contribution >= 4 is 39.8 Å². The first-order chi connectivity index (χ1) is 10.6. The zero-order chi connectivity index (χ0) is 17.6. The predicted octanol–water partition coefficient (Wildman–Crippen LogP) is 1.60. The molecule has 0 unspecified atom stereocenters. The SMILES string of the molecule is CN=C(NCCCS(C)(=O)=O)N(C)Cc1cn(C)nc1C(C)C.I. The first-order valence-corrected chi connectivity index (χ1v) is 9.82. The topological polar surface area (TPSA) is 79.6 Å². The van der Waals surface area contributed by atoms with Gasteiger partial charge in [0, 0.05) is 52.2 Å². The number of nitrogens with zero attached hydrogens (tertiary/aromatic N) is 4. The molecule has 140 valence electrons. The highest BCUT2D eigenvalue weighted by molar-refractivity contribution is 14.0. The third-order valence-corrected chi connectivity index (χ3v) is 4.47. The summed E-state index contributed by atoms with van der Waals surface area (Å²) in [5, 5.41) is 7.72. The molecular formula is C15H30IN5O2S. The van der Waals surface area contributed by atoms with Gasteiger partial charge in [0.1, 0.15) is 9.84 Å². The summed E-state index contributed by atoms with van der Waals surface area (Å²) in [6, 6.07) is 0. The van der Waals surface area contributed by atoms with E-state index in [0.717, 1.165) is 11.7 Å². The quantitative estimate of drug-likeness (QED) is 0.283. The summed E-state index contributed by atoms with van der Waals surface area (Å²) in [6.07, 6.45) is 3.85. The molecule has 0 saturated heterocycles. The Morgan fingerprint density at radius 1 is 1.46 bits per heavy atom. The van der Waals surface area contributed by atoms with Crippen molar-refractivity contribution in [2.45, 2.75) is 32.7 Å². The minimum absolute atomic E-state index is 0. The molecule has 0 saturated carbocycles. The summed E-state index contributed by atoms with van der Waals surface area (Å²) in [5.74, 6) is 1.29. The number of halogens is 1. The Morgan fingerprint density at radius 2 is 2.08 bits per heavy atom. The van der Waals surface area contributed by atoms with Crippen molar-refractivity contribution in [1.29, 1.82) is 0 Å². The van der Waals surface area contributed by atoms with Gasteiger partial charge in [-0.05, 0) is 12.3 Å². The highest BCUT2D eigenvalue weighted by Gasteiger charge is 2.15. The summed E-state index contributed by atoms with van der Waals surface area (Å²) in [6.45, 7) is 5.54. The highest BCUT2D eigenvalue weighted by atomic mass is 127. The largest absolute Gasteiger partial charge is 0.356 e. The van der Waals surface area contributed by atoms with E-state index >= 15 is 0 Å². The minimum atomic E-state index is -2.91. The fraction of sp³-hybridized carbons (Fsp3) is 0.733. The molecule has 0 amide bonds. The van der Waals surface area contributed by atoms with E-state index in [4.69, 9.17) is 0 Å². The minimum Gasteiger partial charge on any atom is -0.356 e. The van der Waals surface area contributed by atoms with Crippen molar-refractivity contribution in [3.8, 4) is 0 Å². The number of nitrogens with one attached hydrogen (secondary N) is 1. The molecule has 0 bridgehead atoms. The number of aryl methyl sites for hydroxylation is 1. The van der Waals surface area contributed by atoms with Crippen LogP contribution in [0, 0.1) is 0 Å². The Bertz CT molecular complexity index is 640. The molecule has 0 aliphatic heterocycles. The molecule has 0 aliphatic carbocycles. The lowest BCUT2D eigenvalue weighted by atomic mass is 10.1. The Labute approximate surface area is 162 Å². The van der Waals surface area contributed by atoms with E-state index in [1.165, 1.54) is 11.8 Å². The van der Waals surface area contributed by atoms with Crippen molar-refractivity contribution in [2.75, 3.05) is 32.6 Å². The second kappa shape index (κ2) is 10.2. The number of aromatic nitrogens is 2. The first-order valence-electron chi connectivity index (χ1n) is 7.76. The van der Waals surface area contributed by atoms with E-state index in [1.807, 2.05) is 29.9 Å². The smallest absolute Gasteiger partial charge is 0.193 e. The van der Waals surface area contributed by atoms with Crippen LogP contribution >= 0.6 is 24.0 Å². The van der Waals surface area contributed by atoms with Crippen molar-refractivity contribution < 1.29 is 8.42 Å². The van der Waals surface area contributed by atoms with Crippen LogP contribution in [0.1, 0.15) is 37.4 Å². The lowest BCUT2D eigenvalue weighted by Gasteiger charge is -2.22. The lowest BCUT2D eigenvalue weighted by molar-refractivity contribution is 0.473. The third-order valence-electron chi connectivity index (χ3n) is 3.44. The Hall–Kier alpha value is -0.840. The molecular weight excluding hydrogens is 441 g/mol. The summed E-state index contributed by atoms with van der Waals surface area (Å²) in [7, 11) is 2.70. The van der Waals surface area contributed by atoms with Crippen molar-refractivity contribution in [3.63, 3.8) is 0 Å². The maximum absolute atomic E-state index is 11.1. The lowest BCUT2D eigenvalue weighted by Crippen LogP contribution is -2.39. The predicted molar refractivity (Wildman–Crippen MR) is 110 cm³/mol. The van der Waals surface area contributed by atoms with Crippen molar-refractivity contribution in [3.05, 3.63) is 17.5 Å². The van der Waals surface area contributed by atoms with Crippen LogP contribution < -0.4 is 5.32 Å². The van der Waals surface area contributed by atoms with Crippen LogP contribution in [0.5, 0.6) is 0 Å². The number of aliphatic imine (C=N–C) groups is 1. The Balaban J connectivity index is 0.00000529. The molecule has 9 heteroatoms. The molecule has 0 atom stereocenters. The van der Waals surface area contributed by atoms with E-state index in [1.54, 1.807) is 7.05 Å². The third kappa shape index (κ3) is 7.82. The normalized spacial score (nSPS) is 12.2. The highest BCUT2D eigenvalue weighted by Crippen LogP contribution is 2.18. The summed E-state index contributed by atoms with van der Waals surface area (Å²) < 4.78 is 24.1. The van der Waals surface area contributed by atoms with E-state index in [9.17, 15) is 8.42 Å². The van der Waals surface area contributed by atoms with Gasteiger partial charge in [-0.15, -0.1) is 24.0 Å². The molecule has 0 fully saturated rings. The maximum atomic E-state index is 11.1. The average molecular weight is 471 g/mol. The van der Waals surface area contributed by atoms with E-state index in [-0.39, 0.29) is 29.7 Å². The van der Waals surface area contributed by atoms with Crippen LogP contribution in [0.4, 0.5) is 0 Å². The monoisotopic (exact) mass is 471 g/mol. The molecule has 1 rings (SSSR count). The first kappa shape index (κ1) is 23.2. The van der Waals surface area contributed by atoms with Gasteiger partial charge in [-0.25, -0.2) is 8.42 Å². The van der Waals surface area contributed by atoms with Gasteiger partial charge in [-0.1, -0.05) is 13.8 Å². The second-order valence-corrected chi connectivity index (χ2v) is 8.44. The van der Waals surface area contributed by atoms with E-state index in [0.29, 0.717) is 25.4 Å². The maximum Gasteiger partial charge on any atom is 0.193 e. The van der Waals surface area contributed by atoms with E-state index in [2.05, 4.69) is 29.3 Å². The molecule has 0 aliphatic rings. The zero-order valence-corrected chi connectivity index (χ0v) is 18.6. The van der Waals surface area contributed by atoms with Gasteiger partial charge in [0.25, 0.3) is 0 Å². The van der Waals surface area contributed by atoms with Gasteiger partial charge in [0.2, 0.25) is 0 Å². The number of sulfone groups is 1. The summed E-state index contributed by atoms with van der Waals surface area (Å²) in [5.41, 5.74) is 2.26. The van der Waals surface area contributed by atoms with Crippen LogP contribution in [0.15, 0.2) is 11.2 Å². The molecule has 1 aromatic heterocycles. The molecule has 0 radical (unpaired) electrons. The molecule has 1 heterocycles. The second-order valence-electron chi connectivity index (χ2n) is 6.18. The van der Waals surface area contributed by atoms with Crippen molar-refractivity contribution in [2.24, 2.45) is 12.0 Å². The number of hydrogen-bond acceptors (Lipinski definition) is 4. The molecule has 1 N–H and O–H groups in total. The van der Waals surface area contributed by atoms with Crippen LogP contribution in [0.2, 0.25) is 0 Å². The van der Waals surface area contributed by atoms with Gasteiger partial charge in [-0.2, -0.15) is 5.10 Å². The zero-order valence-electron chi connectivity index (χ0n) is 15.4. The Morgan fingerprint density at radius 3 is 2.58 bits per heavy atom. The van der Waals surface area contributed by atoms with Crippen LogP contribution in [0.3, 0.4) is 0 Å². The average Bonchev–Trinajstić information content (AvgIpc) is 2.78. The van der Waals surface area contributed by atoms with Gasteiger partial charge < -0.3 is 10.2 Å². The molecule has 0 spiro atoms.